The Labute approximate surface area is 121 Å². The molecule has 1 N–H and O–H groups in total. The van der Waals surface area contributed by atoms with Crippen LogP contribution in [-0.2, 0) is 6.54 Å². The molecule has 2 aromatic rings. The molecule has 0 aliphatic carbocycles. The molecule has 3 rings (SSSR count). The first kappa shape index (κ1) is 13.5. The monoisotopic (exact) mass is 269 g/mol. The zero-order chi connectivity index (χ0) is 13.8. The van der Waals surface area contributed by atoms with E-state index in [1.165, 1.54) is 36.8 Å². The second-order valence-electron chi connectivity index (χ2n) is 5.74. The molecule has 3 heteroatoms. The second kappa shape index (κ2) is 6.33. The van der Waals surface area contributed by atoms with Crippen molar-refractivity contribution < 1.29 is 0 Å². The lowest BCUT2D eigenvalue weighted by Gasteiger charge is -2.27. The number of nitrogens with one attached hydrogen (secondary N) is 1. The molecule has 1 atom stereocenters. The van der Waals surface area contributed by atoms with Crippen LogP contribution in [0.15, 0.2) is 36.5 Å². The van der Waals surface area contributed by atoms with Crippen molar-refractivity contribution in [3.05, 3.63) is 42.1 Å². The highest BCUT2D eigenvalue weighted by Gasteiger charge is 2.17. The molecule has 0 amide bonds. The molecule has 106 valence electrons. The number of hydrogen-bond donors (Lipinski definition) is 1. The highest BCUT2D eigenvalue weighted by molar-refractivity contribution is 5.81. The van der Waals surface area contributed by atoms with E-state index in [9.17, 15) is 0 Å². The molecule has 0 radical (unpaired) electrons. The number of rotatable bonds is 3. The van der Waals surface area contributed by atoms with Crippen molar-refractivity contribution in [2.45, 2.75) is 31.8 Å². The van der Waals surface area contributed by atoms with Crippen molar-refractivity contribution in [1.29, 1.82) is 0 Å². The van der Waals surface area contributed by atoms with Gasteiger partial charge in [-0.3, -0.25) is 9.88 Å². The molecule has 0 saturated carbocycles. The Bertz CT molecular complexity index is 554. The fraction of sp³-hybridized carbons (Fsp3) is 0.471. The Balaban J connectivity index is 1.78. The van der Waals surface area contributed by atoms with Gasteiger partial charge in [0.1, 0.15) is 0 Å². The molecule has 2 heterocycles. The third kappa shape index (κ3) is 3.00. The van der Waals surface area contributed by atoms with Crippen LogP contribution in [0.2, 0.25) is 0 Å². The van der Waals surface area contributed by atoms with Crippen LogP contribution >= 0.6 is 0 Å². The first-order chi connectivity index (χ1) is 9.84. The van der Waals surface area contributed by atoms with Gasteiger partial charge in [0.25, 0.3) is 0 Å². The Kier molecular flexibility index (Phi) is 4.28. The molecule has 1 fully saturated rings. The summed E-state index contributed by atoms with van der Waals surface area (Å²) in [5.41, 5.74) is 2.48. The van der Waals surface area contributed by atoms with Gasteiger partial charge in [-0.15, -0.1) is 0 Å². The number of hydrogen-bond acceptors (Lipinski definition) is 3. The van der Waals surface area contributed by atoms with Crippen molar-refractivity contribution in [1.82, 2.24) is 15.2 Å². The van der Waals surface area contributed by atoms with E-state index in [4.69, 9.17) is 0 Å². The lowest BCUT2D eigenvalue weighted by Crippen LogP contribution is -2.32. The van der Waals surface area contributed by atoms with E-state index in [-0.39, 0.29) is 0 Å². The smallest absolute Gasteiger partial charge is 0.0746 e. The molecular weight excluding hydrogens is 246 g/mol. The summed E-state index contributed by atoms with van der Waals surface area (Å²) in [6.45, 7) is 3.29. The molecular formula is C17H23N3. The van der Waals surface area contributed by atoms with Crippen LogP contribution in [-0.4, -0.2) is 36.1 Å². The Hall–Kier alpha value is -1.45. The first-order valence-electron chi connectivity index (χ1n) is 7.58. The van der Waals surface area contributed by atoms with E-state index < -0.39 is 0 Å². The lowest BCUT2D eigenvalue weighted by atomic mass is 10.1. The molecule has 0 spiro atoms. The summed E-state index contributed by atoms with van der Waals surface area (Å²) in [5.74, 6) is 0. The molecule has 1 unspecified atom stereocenters. The van der Waals surface area contributed by atoms with Crippen LogP contribution in [0.1, 0.15) is 24.8 Å². The van der Waals surface area contributed by atoms with Crippen molar-refractivity contribution in [3.63, 3.8) is 0 Å². The van der Waals surface area contributed by atoms with E-state index in [1.54, 1.807) is 0 Å². The van der Waals surface area contributed by atoms with Crippen molar-refractivity contribution in [2.75, 3.05) is 20.1 Å². The average molecular weight is 269 g/mol. The lowest BCUT2D eigenvalue weighted by molar-refractivity contribution is 0.217. The number of nitrogens with zero attached hydrogens (tertiary/aromatic N) is 2. The number of fused-ring (bicyclic) bond motifs is 1. The fourth-order valence-electron chi connectivity index (χ4n) is 3.13. The molecule has 0 bridgehead atoms. The summed E-state index contributed by atoms with van der Waals surface area (Å²) in [5, 5.41) is 4.72. The van der Waals surface area contributed by atoms with Gasteiger partial charge in [0.05, 0.1) is 5.52 Å². The van der Waals surface area contributed by atoms with Crippen molar-refractivity contribution >= 4 is 10.9 Å². The molecule has 3 nitrogen and oxygen atoms in total. The first-order valence-corrected chi connectivity index (χ1v) is 7.58. The Morgan fingerprint density at radius 3 is 3.05 bits per heavy atom. The summed E-state index contributed by atoms with van der Waals surface area (Å²) in [6, 6.07) is 11.3. The van der Waals surface area contributed by atoms with Gasteiger partial charge in [-0.1, -0.05) is 24.3 Å². The minimum Gasteiger partial charge on any atom is -0.317 e. The van der Waals surface area contributed by atoms with Gasteiger partial charge in [0.15, 0.2) is 0 Å². The van der Waals surface area contributed by atoms with Crippen LogP contribution in [0, 0.1) is 0 Å². The third-order valence-electron chi connectivity index (χ3n) is 4.30. The molecule has 1 aromatic heterocycles. The third-order valence-corrected chi connectivity index (χ3v) is 4.30. The molecule has 20 heavy (non-hydrogen) atoms. The van der Waals surface area contributed by atoms with Crippen LogP contribution in [0.25, 0.3) is 10.9 Å². The zero-order valence-electron chi connectivity index (χ0n) is 12.2. The van der Waals surface area contributed by atoms with Crippen LogP contribution in [0.4, 0.5) is 0 Å². The predicted molar refractivity (Wildman–Crippen MR) is 83.7 cm³/mol. The number of pyridine rings is 1. The topological polar surface area (TPSA) is 28.2 Å². The summed E-state index contributed by atoms with van der Waals surface area (Å²) < 4.78 is 0. The Morgan fingerprint density at radius 2 is 2.10 bits per heavy atom. The number of aromatic nitrogens is 1. The Morgan fingerprint density at radius 1 is 1.20 bits per heavy atom. The molecule has 1 aromatic carbocycles. The van der Waals surface area contributed by atoms with Crippen LogP contribution in [0.3, 0.4) is 0 Å². The van der Waals surface area contributed by atoms with Gasteiger partial charge in [0, 0.05) is 24.2 Å². The maximum absolute atomic E-state index is 4.56. The maximum Gasteiger partial charge on any atom is 0.0746 e. The van der Waals surface area contributed by atoms with Gasteiger partial charge < -0.3 is 5.32 Å². The highest BCUT2D eigenvalue weighted by atomic mass is 15.1. The molecule has 1 saturated heterocycles. The fourth-order valence-corrected chi connectivity index (χ4v) is 3.13. The van der Waals surface area contributed by atoms with Gasteiger partial charge >= 0.3 is 0 Å². The maximum atomic E-state index is 4.56. The zero-order valence-corrected chi connectivity index (χ0v) is 12.2. The summed E-state index contributed by atoms with van der Waals surface area (Å²) in [4.78, 5) is 7.06. The summed E-state index contributed by atoms with van der Waals surface area (Å²) >= 11 is 0. The molecule has 1 aliphatic rings. The van der Waals surface area contributed by atoms with E-state index in [0.717, 1.165) is 18.6 Å². The molecule has 1 aliphatic heterocycles. The largest absolute Gasteiger partial charge is 0.317 e. The van der Waals surface area contributed by atoms with E-state index in [0.29, 0.717) is 6.04 Å². The number of para-hydroxylation sites is 1. The normalized spacial score (nSPS) is 20.2. The SMILES string of the molecule is CN(Cc1cccc2cccnc12)C1CCCNCC1. The number of benzene rings is 1. The highest BCUT2D eigenvalue weighted by Crippen LogP contribution is 2.20. The quantitative estimate of drug-likeness (QED) is 0.928. The van der Waals surface area contributed by atoms with Gasteiger partial charge in [-0.2, -0.15) is 0 Å². The van der Waals surface area contributed by atoms with Crippen molar-refractivity contribution in [2.24, 2.45) is 0 Å². The minimum absolute atomic E-state index is 0.684. The average Bonchev–Trinajstić information content (AvgIpc) is 2.77. The van der Waals surface area contributed by atoms with E-state index >= 15 is 0 Å². The van der Waals surface area contributed by atoms with Crippen molar-refractivity contribution in [3.8, 4) is 0 Å². The minimum atomic E-state index is 0.684. The van der Waals surface area contributed by atoms with Gasteiger partial charge in [-0.25, -0.2) is 0 Å². The van der Waals surface area contributed by atoms with Crippen LogP contribution < -0.4 is 5.32 Å². The van der Waals surface area contributed by atoms with E-state index in [2.05, 4.69) is 46.5 Å². The van der Waals surface area contributed by atoms with Crippen LogP contribution in [0.5, 0.6) is 0 Å². The summed E-state index contributed by atoms with van der Waals surface area (Å²) in [6.07, 6.45) is 5.71. The standard InChI is InChI=1S/C17H23N3/c1-20(16-8-4-10-18-12-9-16)13-15-6-2-5-14-7-3-11-19-17(14)15/h2-3,5-7,11,16,18H,4,8-10,12-13H2,1H3. The summed E-state index contributed by atoms with van der Waals surface area (Å²) in [7, 11) is 2.25. The van der Waals surface area contributed by atoms with E-state index in [1.807, 2.05) is 12.3 Å². The second-order valence-corrected chi connectivity index (χ2v) is 5.74. The van der Waals surface area contributed by atoms with Gasteiger partial charge in [0.2, 0.25) is 0 Å². The van der Waals surface area contributed by atoms with Gasteiger partial charge in [-0.05, 0) is 51.0 Å². The predicted octanol–water partition coefficient (Wildman–Crippen LogP) is 2.81.